The second-order valence-corrected chi connectivity index (χ2v) is 8.00. The van der Waals surface area contributed by atoms with E-state index in [4.69, 9.17) is 15.0 Å². The molecular weight excluding hydrogens is 279 g/mol. The molecule has 0 spiro atoms. The van der Waals surface area contributed by atoms with E-state index in [1.165, 1.54) is 6.42 Å². The second-order valence-electron chi connectivity index (χ2n) is 8.00. The summed E-state index contributed by atoms with van der Waals surface area (Å²) in [6, 6.07) is 0. The summed E-state index contributed by atoms with van der Waals surface area (Å²) in [5.74, 6) is 2.30. The van der Waals surface area contributed by atoms with Crippen molar-refractivity contribution < 1.29 is 14.1 Å². The van der Waals surface area contributed by atoms with Crippen LogP contribution in [0.4, 0.5) is 0 Å². The van der Waals surface area contributed by atoms with E-state index in [0.29, 0.717) is 11.8 Å². The second kappa shape index (κ2) is 5.80. The maximum atomic E-state index is 11.7. The van der Waals surface area contributed by atoms with Crippen LogP contribution < -0.4 is 11.1 Å². The number of nitrogens with two attached hydrogens (primary N) is 1. The first-order valence-electron chi connectivity index (χ1n) is 8.67. The number of hydrogen-bond acceptors (Lipinski definition) is 4. The van der Waals surface area contributed by atoms with E-state index in [-0.39, 0.29) is 37.2 Å². The van der Waals surface area contributed by atoms with E-state index in [0.717, 1.165) is 24.7 Å². The Morgan fingerprint density at radius 1 is 1.45 bits per heavy atom. The lowest BCUT2D eigenvalue weighted by molar-refractivity contribution is -0.152. The van der Waals surface area contributed by atoms with Crippen LogP contribution in [0.1, 0.15) is 47.0 Å². The maximum Gasteiger partial charge on any atom is 0.481 e. The van der Waals surface area contributed by atoms with Crippen molar-refractivity contribution in [1.29, 1.82) is 0 Å². The fourth-order valence-electron chi connectivity index (χ4n) is 4.69. The molecule has 1 saturated heterocycles. The Balaban J connectivity index is 1.72. The summed E-state index contributed by atoms with van der Waals surface area (Å²) in [4.78, 5) is 11.7. The first kappa shape index (κ1) is 16.3. The molecule has 3 aliphatic carbocycles. The third-order valence-corrected chi connectivity index (χ3v) is 6.08. The average molecular weight is 308 g/mol. The summed E-state index contributed by atoms with van der Waals surface area (Å²) in [7, 11) is -0.348. The van der Waals surface area contributed by atoms with Crippen molar-refractivity contribution in [3.8, 4) is 0 Å². The topological polar surface area (TPSA) is 73.6 Å². The molecular formula is C16H29BN2O3. The highest BCUT2D eigenvalue weighted by Gasteiger charge is 2.64. The number of nitrogens with one attached hydrogen (secondary N) is 1. The van der Waals surface area contributed by atoms with Gasteiger partial charge in [-0.15, -0.1) is 0 Å². The van der Waals surface area contributed by atoms with E-state index in [2.05, 4.69) is 33.0 Å². The Hall–Kier alpha value is -0.585. The molecule has 4 fully saturated rings. The molecule has 6 atom stereocenters. The largest absolute Gasteiger partial charge is 0.481 e. The van der Waals surface area contributed by atoms with Gasteiger partial charge < -0.3 is 20.4 Å². The van der Waals surface area contributed by atoms with Crippen molar-refractivity contribution in [2.75, 3.05) is 6.54 Å². The molecule has 2 bridgehead atoms. The van der Waals surface area contributed by atoms with Crippen LogP contribution in [0, 0.1) is 23.7 Å². The molecule has 3 saturated carbocycles. The molecule has 3 N–H and O–H groups in total. The summed E-state index contributed by atoms with van der Waals surface area (Å²) in [5.41, 5.74) is 5.25. The van der Waals surface area contributed by atoms with Crippen LogP contribution in [0.15, 0.2) is 0 Å². The highest BCUT2D eigenvalue weighted by atomic mass is 16.7. The van der Waals surface area contributed by atoms with Gasteiger partial charge in [-0.3, -0.25) is 4.79 Å². The van der Waals surface area contributed by atoms with Crippen molar-refractivity contribution in [3.63, 3.8) is 0 Å². The third kappa shape index (κ3) is 2.59. The number of amides is 1. The molecule has 4 rings (SSSR count). The normalized spacial score (nSPS) is 41.1. The van der Waals surface area contributed by atoms with Crippen LogP contribution >= 0.6 is 0 Å². The SMILES string of the molecule is CC(C)CC(NC(=O)CN)B1OC2CC3CC(C3C)C2(C)O1. The van der Waals surface area contributed by atoms with E-state index >= 15 is 0 Å². The van der Waals surface area contributed by atoms with Gasteiger partial charge in [-0.1, -0.05) is 20.8 Å². The van der Waals surface area contributed by atoms with Gasteiger partial charge in [0, 0.05) is 0 Å². The van der Waals surface area contributed by atoms with Gasteiger partial charge in [0.1, 0.15) is 0 Å². The van der Waals surface area contributed by atoms with Crippen molar-refractivity contribution in [2.24, 2.45) is 29.4 Å². The van der Waals surface area contributed by atoms with Crippen LogP contribution in [0.5, 0.6) is 0 Å². The maximum absolute atomic E-state index is 11.7. The molecule has 6 heteroatoms. The van der Waals surface area contributed by atoms with Gasteiger partial charge >= 0.3 is 7.12 Å². The number of carbonyl (C=O) groups is 1. The predicted octanol–water partition coefficient (Wildman–Crippen LogP) is 1.35. The minimum atomic E-state index is -0.348. The van der Waals surface area contributed by atoms with Crippen LogP contribution in [-0.2, 0) is 14.1 Å². The van der Waals surface area contributed by atoms with E-state index in [1.54, 1.807) is 0 Å². The van der Waals surface area contributed by atoms with Gasteiger partial charge in [-0.2, -0.15) is 0 Å². The lowest BCUT2D eigenvalue weighted by Gasteiger charge is -2.58. The number of carbonyl (C=O) groups excluding carboxylic acids is 1. The van der Waals surface area contributed by atoms with Gasteiger partial charge in [-0.05, 0) is 49.9 Å². The van der Waals surface area contributed by atoms with Crippen molar-refractivity contribution in [3.05, 3.63) is 0 Å². The fourth-order valence-corrected chi connectivity index (χ4v) is 4.69. The standard InChI is InChI=1S/C16H29BN2O3/c1-9(2)5-14(19-15(20)8-18)17-21-13-7-11-6-12(10(11)3)16(13,4)22-17/h9-14H,5-8,18H2,1-4H3,(H,19,20). The molecule has 5 nitrogen and oxygen atoms in total. The van der Waals surface area contributed by atoms with Crippen LogP contribution in [0.2, 0.25) is 0 Å². The Labute approximate surface area is 133 Å². The summed E-state index contributed by atoms with van der Waals surface area (Å²) in [6.07, 6.45) is 3.35. The molecule has 0 aromatic carbocycles. The van der Waals surface area contributed by atoms with Crippen molar-refractivity contribution >= 4 is 13.0 Å². The number of rotatable bonds is 5. The molecule has 22 heavy (non-hydrogen) atoms. The van der Waals surface area contributed by atoms with Gasteiger partial charge in [0.2, 0.25) is 5.91 Å². The minimum Gasteiger partial charge on any atom is -0.404 e. The quantitative estimate of drug-likeness (QED) is 0.752. The zero-order valence-electron chi connectivity index (χ0n) is 14.2. The summed E-state index contributed by atoms with van der Waals surface area (Å²) < 4.78 is 12.7. The van der Waals surface area contributed by atoms with Gasteiger partial charge in [0.15, 0.2) is 0 Å². The Kier molecular flexibility index (Phi) is 4.29. The van der Waals surface area contributed by atoms with Crippen molar-refractivity contribution in [1.82, 2.24) is 5.32 Å². The van der Waals surface area contributed by atoms with Crippen LogP contribution in [0.25, 0.3) is 0 Å². The fraction of sp³-hybridized carbons (Fsp3) is 0.938. The Morgan fingerprint density at radius 3 is 2.77 bits per heavy atom. The zero-order valence-corrected chi connectivity index (χ0v) is 14.2. The molecule has 1 aliphatic heterocycles. The first-order chi connectivity index (χ1) is 10.3. The molecule has 124 valence electrons. The van der Waals surface area contributed by atoms with E-state index in [9.17, 15) is 4.79 Å². The van der Waals surface area contributed by atoms with E-state index in [1.807, 2.05) is 0 Å². The third-order valence-electron chi connectivity index (χ3n) is 6.08. The first-order valence-corrected chi connectivity index (χ1v) is 8.67. The molecule has 0 radical (unpaired) electrons. The van der Waals surface area contributed by atoms with Crippen molar-refractivity contribution in [2.45, 2.75) is 64.6 Å². The van der Waals surface area contributed by atoms with Crippen LogP contribution in [0.3, 0.4) is 0 Å². The van der Waals surface area contributed by atoms with Gasteiger partial charge in [0.05, 0.1) is 24.2 Å². The molecule has 0 aromatic rings. The highest BCUT2D eigenvalue weighted by Crippen LogP contribution is 2.59. The minimum absolute atomic E-state index is 0.00372. The highest BCUT2D eigenvalue weighted by molar-refractivity contribution is 6.47. The van der Waals surface area contributed by atoms with Crippen LogP contribution in [-0.4, -0.2) is 37.2 Å². The molecule has 0 aromatic heterocycles. The molecule has 1 amide bonds. The number of hydrogen-bond donors (Lipinski definition) is 2. The van der Waals surface area contributed by atoms with E-state index < -0.39 is 0 Å². The average Bonchev–Trinajstić information content (AvgIpc) is 2.82. The lowest BCUT2D eigenvalue weighted by Crippen LogP contribution is -2.60. The zero-order chi connectivity index (χ0) is 16.1. The summed E-state index contributed by atoms with van der Waals surface area (Å²) in [5, 5.41) is 2.99. The molecule has 1 heterocycles. The molecule has 4 aliphatic rings. The smallest absolute Gasteiger partial charge is 0.404 e. The Morgan fingerprint density at radius 2 is 2.18 bits per heavy atom. The van der Waals surface area contributed by atoms with Gasteiger partial charge in [-0.25, -0.2) is 0 Å². The monoisotopic (exact) mass is 308 g/mol. The lowest BCUT2D eigenvalue weighted by atomic mass is 9.51. The Bertz CT molecular complexity index is 447. The molecule has 6 unspecified atom stereocenters. The summed E-state index contributed by atoms with van der Waals surface area (Å²) in [6.45, 7) is 8.82. The van der Waals surface area contributed by atoms with Gasteiger partial charge in [0.25, 0.3) is 0 Å². The summed E-state index contributed by atoms with van der Waals surface area (Å²) >= 11 is 0. The predicted molar refractivity (Wildman–Crippen MR) is 85.9 cm³/mol.